The Kier molecular flexibility index (Phi) is 5.93. The van der Waals surface area contributed by atoms with Crippen LogP contribution in [0.15, 0.2) is 40.8 Å². The molecule has 1 N–H and O–H groups in total. The Morgan fingerprint density at radius 3 is 2.61 bits per heavy atom. The summed E-state index contributed by atoms with van der Waals surface area (Å²) < 4.78 is 11.1. The third-order valence-electron chi connectivity index (χ3n) is 3.38. The molecule has 1 unspecified atom stereocenters. The van der Waals surface area contributed by atoms with Gasteiger partial charge in [0.25, 0.3) is 0 Å². The van der Waals surface area contributed by atoms with Crippen molar-refractivity contribution in [1.82, 2.24) is 10.2 Å². The highest BCUT2D eigenvalue weighted by Gasteiger charge is 2.15. The van der Waals surface area contributed by atoms with E-state index in [9.17, 15) is 4.79 Å². The van der Waals surface area contributed by atoms with Crippen molar-refractivity contribution in [3.63, 3.8) is 0 Å². The smallest absolute Gasteiger partial charge is 0.317 e. The SMILES string of the molecule is Cc1ccc(C(C)NC(=O)N(C)CCOc2ccc(Cl)cc2)o1. The van der Waals surface area contributed by atoms with E-state index >= 15 is 0 Å². The fraction of sp³-hybridized carbons (Fsp3) is 0.353. The summed E-state index contributed by atoms with van der Waals surface area (Å²) >= 11 is 5.81. The first-order chi connectivity index (χ1) is 11.0. The number of nitrogens with one attached hydrogen (secondary N) is 1. The van der Waals surface area contributed by atoms with Crippen LogP contribution < -0.4 is 10.1 Å². The molecule has 5 nitrogen and oxygen atoms in total. The molecular formula is C17H21ClN2O3. The second-order valence-corrected chi connectivity index (χ2v) is 5.78. The average molecular weight is 337 g/mol. The third-order valence-corrected chi connectivity index (χ3v) is 3.64. The van der Waals surface area contributed by atoms with E-state index in [0.29, 0.717) is 18.2 Å². The number of likely N-dealkylation sites (N-methyl/N-ethyl adjacent to an activating group) is 1. The van der Waals surface area contributed by atoms with Crippen molar-refractivity contribution in [3.8, 4) is 5.75 Å². The standard InChI is InChI=1S/C17H21ClN2O3/c1-12-4-9-16(23-12)13(2)19-17(21)20(3)10-11-22-15-7-5-14(18)6-8-15/h4-9,13H,10-11H2,1-3H3,(H,19,21). The lowest BCUT2D eigenvalue weighted by Gasteiger charge is -2.20. The van der Waals surface area contributed by atoms with E-state index in [-0.39, 0.29) is 12.1 Å². The Hall–Kier alpha value is -2.14. The minimum Gasteiger partial charge on any atom is -0.492 e. The van der Waals surface area contributed by atoms with Gasteiger partial charge in [0.15, 0.2) is 0 Å². The van der Waals surface area contributed by atoms with Crippen LogP contribution in [-0.4, -0.2) is 31.1 Å². The molecule has 1 aromatic carbocycles. The van der Waals surface area contributed by atoms with Gasteiger partial charge in [-0.15, -0.1) is 0 Å². The number of amides is 2. The average Bonchev–Trinajstić information content (AvgIpc) is 2.95. The summed E-state index contributed by atoms with van der Waals surface area (Å²) in [6.45, 7) is 4.63. The van der Waals surface area contributed by atoms with Crippen molar-refractivity contribution < 1.29 is 13.9 Å². The zero-order valence-electron chi connectivity index (χ0n) is 13.5. The molecule has 0 saturated carbocycles. The molecule has 2 amide bonds. The van der Waals surface area contributed by atoms with Gasteiger partial charge in [0.2, 0.25) is 0 Å². The van der Waals surface area contributed by atoms with E-state index in [1.54, 1.807) is 36.2 Å². The fourth-order valence-corrected chi connectivity index (χ4v) is 2.11. The molecule has 0 saturated heterocycles. The van der Waals surface area contributed by atoms with Crippen molar-refractivity contribution in [2.75, 3.05) is 20.2 Å². The summed E-state index contributed by atoms with van der Waals surface area (Å²) in [4.78, 5) is 13.7. The van der Waals surface area contributed by atoms with Gasteiger partial charge >= 0.3 is 6.03 Å². The largest absolute Gasteiger partial charge is 0.492 e. The lowest BCUT2D eigenvalue weighted by Crippen LogP contribution is -2.40. The first kappa shape index (κ1) is 17.2. The first-order valence-electron chi connectivity index (χ1n) is 7.42. The molecule has 1 aromatic heterocycles. The zero-order valence-corrected chi connectivity index (χ0v) is 14.3. The fourth-order valence-electron chi connectivity index (χ4n) is 1.99. The second-order valence-electron chi connectivity index (χ2n) is 5.34. The van der Waals surface area contributed by atoms with Crippen LogP contribution in [0, 0.1) is 6.92 Å². The maximum absolute atomic E-state index is 12.1. The molecule has 0 fully saturated rings. The van der Waals surface area contributed by atoms with Gasteiger partial charge in [0, 0.05) is 12.1 Å². The van der Waals surface area contributed by atoms with Crippen LogP contribution in [-0.2, 0) is 0 Å². The van der Waals surface area contributed by atoms with Crippen molar-refractivity contribution >= 4 is 17.6 Å². The van der Waals surface area contributed by atoms with Crippen molar-refractivity contribution in [1.29, 1.82) is 0 Å². The van der Waals surface area contributed by atoms with Crippen LogP contribution in [0.5, 0.6) is 5.75 Å². The summed E-state index contributed by atoms with van der Waals surface area (Å²) in [6.07, 6.45) is 0. The number of hydrogen-bond donors (Lipinski definition) is 1. The molecule has 0 aliphatic heterocycles. The highest BCUT2D eigenvalue weighted by Crippen LogP contribution is 2.16. The van der Waals surface area contributed by atoms with Gasteiger partial charge in [-0.1, -0.05) is 11.6 Å². The molecule has 0 aliphatic carbocycles. The Labute approximate surface area is 141 Å². The van der Waals surface area contributed by atoms with Crippen LogP contribution in [0.25, 0.3) is 0 Å². The summed E-state index contributed by atoms with van der Waals surface area (Å²) in [5, 5.41) is 3.55. The topological polar surface area (TPSA) is 54.7 Å². The predicted octanol–water partition coefficient (Wildman–Crippen LogP) is 4.02. The van der Waals surface area contributed by atoms with Gasteiger partial charge in [-0.3, -0.25) is 0 Å². The van der Waals surface area contributed by atoms with Gasteiger partial charge in [-0.25, -0.2) is 4.79 Å². The molecule has 124 valence electrons. The van der Waals surface area contributed by atoms with E-state index in [1.807, 2.05) is 26.0 Å². The number of carbonyl (C=O) groups excluding carboxylic acids is 1. The minimum absolute atomic E-state index is 0.175. The van der Waals surface area contributed by atoms with Gasteiger partial charge < -0.3 is 19.4 Å². The monoisotopic (exact) mass is 336 g/mol. The van der Waals surface area contributed by atoms with Crippen molar-refractivity contribution in [3.05, 3.63) is 52.9 Å². The minimum atomic E-state index is -0.184. The number of nitrogens with zero attached hydrogens (tertiary/aromatic N) is 1. The molecule has 2 aromatic rings. The predicted molar refractivity (Wildman–Crippen MR) is 90.0 cm³/mol. The van der Waals surface area contributed by atoms with E-state index in [4.69, 9.17) is 20.8 Å². The highest BCUT2D eigenvalue weighted by atomic mass is 35.5. The van der Waals surface area contributed by atoms with Gasteiger partial charge in [-0.2, -0.15) is 0 Å². The molecule has 0 aliphatic rings. The number of hydrogen-bond acceptors (Lipinski definition) is 3. The Bertz CT molecular complexity index is 640. The van der Waals surface area contributed by atoms with Crippen molar-refractivity contribution in [2.45, 2.75) is 19.9 Å². The van der Waals surface area contributed by atoms with Crippen LogP contribution in [0.2, 0.25) is 5.02 Å². The van der Waals surface area contributed by atoms with Gasteiger partial charge in [-0.05, 0) is 50.2 Å². The summed E-state index contributed by atoms with van der Waals surface area (Å²) in [5.74, 6) is 2.29. The van der Waals surface area contributed by atoms with Gasteiger partial charge in [0.05, 0.1) is 12.6 Å². The number of furan rings is 1. The number of benzene rings is 1. The molecule has 0 radical (unpaired) electrons. The molecule has 1 heterocycles. The second kappa shape index (κ2) is 7.92. The number of aryl methyl sites for hydroxylation is 1. The van der Waals surface area contributed by atoms with Crippen molar-refractivity contribution in [2.24, 2.45) is 0 Å². The maximum Gasteiger partial charge on any atom is 0.317 e. The lowest BCUT2D eigenvalue weighted by atomic mass is 10.2. The maximum atomic E-state index is 12.1. The number of urea groups is 1. The molecular weight excluding hydrogens is 316 g/mol. The molecule has 0 spiro atoms. The normalized spacial score (nSPS) is 11.8. The number of rotatable bonds is 6. The molecule has 1 atom stereocenters. The first-order valence-corrected chi connectivity index (χ1v) is 7.80. The van der Waals surface area contributed by atoms with E-state index in [0.717, 1.165) is 17.3 Å². The summed E-state index contributed by atoms with van der Waals surface area (Å²) in [6, 6.07) is 10.5. The van der Waals surface area contributed by atoms with Crippen LogP contribution >= 0.6 is 11.6 Å². The quantitative estimate of drug-likeness (QED) is 0.866. The van der Waals surface area contributed by atoms with Crippen LogP contribution in [0.3, 0.4) is 0 Å². The Morgan fingerprint density at radius 1 is 1.30 bits per heavy atom. The molecule has 0 bridgehead atoms. The third kappa shape index (κ3) is 5.21. The number of halogens is 1. The van der Waals surface area contributed by atoms with Crippen LogP contribution in [0.1, 0.15) is 24.5 Å². The highest BCUT2D eigenvalue weighted by molar-refractivity contribution is 6.30. The van der Waals surface area contributed by atoms with Gasteiger partial charge in [0.1, 0.15) is 23.9 Å². The number of carbonyl (C=O) groups is 1. The Balaban J connectivity index is 1.75. The summed E-state index contributed by atoms with van der Waals surface area (Å²) in [7, 11) is 1.72. The van der Waals surface area contributed by atoms with E-state index < -0.39 is 0 Å². The molecule has 2 rings (SSSR count). The van der Waals surface area contributed by atoms with E-state index in [1.165, 1.54) is 0 Å². The molecule has 23 heavy (non-hydrogen) atoms. The van der Waals surface area contributed by atoms with E-state index in [2.05, 4.69) is 5.32 Å². The van der Waals surface area contributed by atoms with Crippen LogP contribution in [0.4, 0.5) is 4.79 Å². The lowest BCUT2D eigenvalue weighted by molar-refractivity contribution is 0.191. The zero-order chi connectivity index (χ0) is 16.8. The molecule has 6 heteroatoms. The number of ether oxygens (including phenoxy) is 1. The Morgan fingerprint density at radius 2 is 2.00 bits per heavy atom. The summed E-state index contributed by atoms with van der Waals surface area (Å²) in [5.41, 5.74) is 0.